The number of azo groups is 1. The van der Waals surface area contributed by atoms with Crippen molar-refractivity contribution in [3.05, 3.63) is 29.3 Å². The van der Waals surface area contributed by atoms with E-state index in [9.17, 15) is 24.0 Å². The summed E-state index contributed by atoms with van der Waals surface area (Å²) in [4.78, 5) is 59.7. The standard InChI is InChI=1S/C17H16N4O7/c22-13-4-3-12(15(25)19-13)21-16(26)10-2-1-9(7-11(10)17(21)27)20-18-8-28-6-5-14(23)24/h1-2,7,12H,3-6,8H2,(H,23,24)(H,19,22,25). The van der Waals surface area contributed by atoms with Crippen molar-refractivity contribution in [3.63, 3.8) is 0 Å². The van der Waals surface area contributed by atoms with E-state index in [0.29, 0.717) is 5.69 Å². The van der Waals surface area contributed by atoms with E-state index in [1.54, 1.807) is 0 Å². The Labute approximate surface area is 158 Å². The molecule has 28 heavy (non-hydrogen) atoms. The maximum Gasteiger partial charge on any atom is 0.305 e. The first-order valence-corrected chi connectivity index (χ1v) is 8.41. The summed E-state index contributed by atoms with van der Waals surface area (Å²) in [6.45, 7) is -0.161. The largest absolute Gasteiger partial charge is 0.481 e. The number of rotatable bonds is 7. The van der Waals surface area contributed by atoms with Gasteiger partial charge in [-0.1, -0.05) is 0 Å². The first-order chi connectivity index (χ1) is 13.4. The van der Waals surface area contributed by atoms with Crippen LogP contribution in [0.5, 0.6) is 0 Å². The van der Waals surface area contributed by atoms with Crippen LogP contribution in [-0.2, 0) is 19.1 Å². The maximum atomic E-state index is 12.7. The zero-order chi connectivity index (χ0) is 20.3. The van der Waals surface area contributed by atoms with E-state index in [2.05, 4.69) is 15.5 Å². The molecular weight excluding hydrogens is 372 g/mol. The second kappa shape index (κ2) is 8.05. The van der Waals surface area contributed by atoms with Crippen molar-refractivity contribution >= 4 is 35.3 Å². The molecule has 1 fully saturated rings. The quantitative estimate of drug-likeness (QED) is 0.394. The SMILES string of the molecule is O=C(O)CCOCN=Nc1ccc2c(c1)C(=O)N(C1CCC(=O)NC1=O)C2=O. The van der Waals surface area contributed by atoms with E-state index in [1.807, 2.05) is 0 Å². The van der Waals surface area contributed by atoms with Crippen molar-refractivity contribution < 1.29 is 33.8 Å². The Morgan fingerprint density at radius 3 is 2.68 bits per heavy atom. The predicted octanol–water partition coefficient (Wildman–Crippen LogP) is 0.620. The highest BCUT2D eigenvalue weighted by Gasteiger charge is 2.44. The first kappa shape index (κ1) is 19.3. The third-order valence-electron chi connectivity index (χ3n) is 4.22. The van der Waals surface area contributed by atoms with Crippen LogP contribution in [0.15, 0.2) is 28.4 Å². The summed E-state index contributed by atoms with van der Waals surface area (Å²) < 4.78 is 4.97. The first-order valence-electron chi connectivity index (χ1n) is 8.41. The Morgan fingerprint density at radius 1 is 1.21 bits per heavy atom. The number of nitrogens with one attached hydrogen (secondary N) is 1. The number of carbonyl (C=O) groups is 5. The molecule has 0 spiro atoms. The lowest BCUT2D eigenvalue weighted by atomic mass is 10.0. The summed E-state index contributed by atoms with van der Waals surface area (Å²) in [6, 6.07) is 3.25. The Balaban J connectivity index is 1.69. The monoisotopic (exact) mass is 388 g/mol. The lowest BCUT2D eigenvalue weighted by molar-refractivity contribution is -0.138. The molecule has 1 unspecified atom stereocenters. The van der Waals surface area contributed by atoms with Gasteiger partial charge in [0.2, 0.25) is 11.8 Å². The van der Waals surface area contributed by atoms with E-state index in [0.717, 1.165) is 4.90 Å². The summed E-state index contributed by atoms with van der Waals surface area (Å²) in [5.74, 6) is -3.34. The third kappa shape index (κ3) is 3.93. The number of nitrogens with zero attached hydrogens (tertiary/aromatic N) is 3. The number of carboxylic acid groups (broad SMARTS) is 1. The van der Waals surface area contributed by atoms with E-state index in [1.165, 1.54) is 18.2 Å². The second-order valence-electron chi connectivity index (χ2n) is 6.10. The molecule has 146 valence electrons. The fourth-order valence-electron chi connectivity index (χ4n) is 2.90. The predicted molar refractivity (Wildman–Crippen MR) is 90.7 cm³/mol. The van der Waals surface area contributed by atoms with Crippen LogP contribution in [0.3, 0.4) is 0 Å². The molecule has 4 amide bonds. The van der Waals surface area contributed by atoms with Gasteiger partial charge < -0.3 is 9.84 Å². The zero-order valence-corrected chi connectivity index (χ0v) is 14.6. The third-order valence-corrected chi connectivity index (χ3v) is 4.22. The molecule has 1 saturated heterocycles. The molecule has 0 radical (unpaired) electrons. The number of aliphatic carboxylic acids is 1. The molecule has 3 rings (SSSR count). The Morgan fingerprint density at radius 2 is 1.96 bits per heavy atom. The van der Waals surface area contributed by atoms with Crippen molar-refractivity contribution in [1.82, 2.24) is 10.2 Å². The fourth-order valence-corrected chi connectivity index (χ4v) is 2.90. The summed E-state index contributed by atoms with van der Waals surface area (Å²) in [5.41, 5.74) is 0.538. The number of fused-ring (bicyclic) bond motifs is 1. The molecule has 0 aliphatic carbocycles. The zero-order valence-electron chi connectivity index (χ0n) is 14.6. The van der Waals surface area contributed by atoms with E-state index in [4.69, 9.17) is 9.84 Å². The molecule has 2 aliphatic heterocycles. The van der Waals surface area contributed by atoms with Gasteiger partial charge in [0, 0.05) is 6.42 Å². The number of benzene rings is 1. The Kier molecular flexibility index (Phi) is 5.54. The summed E-state index contributed by atoms with van der Waals surface area (Å²) >= 11 is 0. The number of piperidine rings is 1. The lowest BCUT2D eigenvalue weighted by Crippen LogP contribution is -2.54. The molecule has 1 aromatic rings. The van der Waals surface area contributed by atoms with Crippen molar-refractivity contribution in [2.24, 2.45) is 10.2 Å². The highest BCUT2D eigenvalue weighted by molar-refractivity contribution is 6.23. The Hall–Kier alpha value is -3.47. The molecule has 11 heteroatoms. The highest BCUT2D eigenvalue weighted by atomic mass is 16.5. The molecule has 2 N–H and O–H groups in total. The minimum absolute atomic E-state index is 0.00750. The lowest BCUT2D eigenvalue weighted by Gasteiger charge is -2.27. The molecule has 1 aromatic carbocycles. The minimum Gasteiger partial charge on any atom is -0.481 e. The van der Waals surface area contributed by atoms with Crippen LogP contribution in [0.25, 0.3) is 0 Å². The van der Waals surface area contributed by atoms with Gasteiger partial charge in [-0.05, 0) is 24.6 Å². The maximum absolute atomic E-state index is 12.7. The molecule has 1 atom stereocenters. The van der Waals surface area contributed by atoms with Crippen LogP contribution >= 0.6 is 0 Å². The summed E-state index contributed by atoms with van der Waals surface area (Å²) in [6.07, 6.45) is -0.0251. The van der Waals surface area contributed by atoms with Gasteiger partial charge in [0.1, 0.15) is 6.04 Å². The fraction of sp³-hybridized carbons (Fsp3) is 0.353. The van der Waals surface area contributed by atoms with Crippen LogP contribution in [0.2, 0.25) is 0 Å². The average molecular weight is 388 g/mol. The molecule has 0 bridgehead atoms. The van der Waals surface area contributed by atoms with Gasteiger partial charge in [0.25, 0.3) is 11.8 Å². The van der Waals surface area contributed by atoms with Crippen LogP contribution in [-0.4, -0.2) is 59.0 Å². The van der Waals surface area contributed by atoms with Gasteiger partial charge in [-0.15, -0.1) is 0 Å². The second-order valence-corrected chi connectivity index (χ2v) is 6.10. The van der Waals surface area contributed by atoms with Crippen LogP contribution in [0.1, 0.15) is 40.0 Å². The number of carboxylic acids is 1. The van der Waals surface area contributed by atoms with Crippen molar-refractivity contribution in [1.29, 1.82) is 0 Å². The van der Waals surface area contributed by atoms with E-state index >= 15 is 0 Å². The topological polar surface area (TPSA) is 155 Å². The van der Waals surface area contributed by atoms with Gasteiger partial charge >= 0.3 is 5.97 Å². The van der Waals surface area contributed by atoms with Gasteiger partial charge in [0.15, 0.2) is 6.73 Å². The number of imide groups is 2. The van der Waals surface area contributed by atoms with E-state index in [-0.39, 0.29) is 43.7 Å². The van der Waals surface area contributed by atoms with Gasteiger partial charge in [0.05, 0.1) is 29.8 Å². The van der Waals surface area contributed by atoms with Crippen LogP contribution in [0.4, 0.5) is 5.69 Å². The van der Waals surface area contributed by atoms with Crippen molar-refractivity contribution in [2.45, 2.75) is 25.3 Å². The van der Waals surface area contributed by atoms with Crippen LogP contribution in [0, 0.1) is 0 Å². The molecule has 0 saturated carbocycles. The number of carbonyl (C=O) groups excluding carboxylic acids is 4. The molecular formula is C17H16N4O7. The summed E-state index contributed by atoms with van der Waals surface area (Å²) in [5, 5.41) is 18.2. The normalized spacial score (nSPS) is 19.3. The van der Waals surface area contributed by atoms with Crippen LogP contribution < -0.4 is 5.32 Å². The summed E-state index contributed by atoms with van der Waals surface area (Å²) in [7, 11) is 0. The number of amides is 4. The minimum atomic E-state index is -1.03. The molecule has 0 aromatic heterocycles. The van der Waals surface area contributed by atoms with Crippen molar-refractivity contribution in [2.75, 3.05) is 13.3 Å². The molecule has 11 nitrogen and oxygen atoms in total. The molecule has 2 heterocycles. The highest BCUT2D eigenvalue weighted by Crippen LogP contribution is 2.30. The smallest absolute Gasteiger partial charge is 0.305 e. The van der Waals surface area contributed by atoms with Gasteiger partial charge in [-0.2, -0.15) is 10.2 Å². The average Bonchev–Trinajstić information content (AvgIpc) is 2.89. The Bertz CT molecular complexity index is 895. The van der Waals surface area contributed by atoms with Gasteiger partial charge in [-0.25, -0.2) is 0 Å². The van der Waals surface area contributed by atoms with Crippen molar-refractivity contribution in [3.8, 4) is 0 Å². The number of hydrogen-bond donors (Lipinski definition) is 2. The number of hydrogen-bond acceptors (Lipinski definition) is 8. The number of ether oxygens (including phenoxy) is 1. The molecule has 2 aliphatic rings. The van der Waals surface area contributed by atoms with E-state index < -0.39 is 35.6 Å². The van der Waals surface area contributed by atoms with Gasteiger partial charge in [-0.3, -0.25) is 34.2 Å².